The summed E-state index contributed by atoms with van der Waals surface area (Å²) >= 11 is 0.974. The highest BCUT2D eigenvalue weighted by atomic mass is 32.1. The molecule has 94 valence electrons. The predicted octanol–water partition coefficient (Wildman–Crippen LogP) is 1.24. The lowest BCUT2D eigenvalue weighted by atomic mass is 10.2. The van der Waals surface area contributed by atoms with E-state index in [1.165, 1.54) is 7.05 Å². The number of rotatable bonds is 2. The predicted molar refractivity (Wildman–Crippen MR) is 63.2 cm³/mol. The van der Waals surface area contributed by atoms with Crippen LogP contribution in [0.1, 0.15) is 30.6 Å². The second kappa shape index (κ2) is 5.09. The molecule has 2 N–H and O–H groups in total. The molecule has 0 spiro atoms. The molecular weight excluding hydrogens is 244 g/mol. The van der Waals surface area contributed by atoms with Gasteiger partial charge in [-0.1, -0.05) is 11.3 Å². The summed E-state index contributed by atoms with van der Waals surface area (Å²) in [5.41, 5.74) is -0.585. The number of ether oxygens (including phenoxy) is 1. The maximum Gasteiger partial charge on any atom is 0.414 e. The Labute approximate surface area is 103 Å². The van der Waals surface area contributed by atoms with Gasteiger partial charge in [-0.15, -0.1) is 10.2 Å². The lowest BCUT2D eigenvalue weighted by Gasteiger charge is -2.18. The minimum Gasteiger partial charge on any atom is -0.444 e. The van der Waals surface area contributed by atoms with Crippen molar-refractivity contribution < 1.29 is 14.3 Å². The molecule has 0 fully saturated rings. The highest BCUT2D eigenvalue weighted by Gasteiger charge is 2.18. The SMILES string of the molecule is CNC(=O)c1nnc(NC(=O)OC(C)(C)C)s1. The number of nitrogens with one attached hydrogen (secondary N) is 2. The van der Waals surface area contributed by atoms with E-state index >= 15 is 0 Å². The van der Waals surface area contributed by atoms with Gasteiger partial charge in [0.15, 0.2) is 0 Å². The number of anilines is 1. The lowest BCUT2D eigenvalue weighted by Crippen LogP contribution is -2.27. The van der Waals surface area contributed by atoms with Crippen LogP contribution in [0.5, 0.6) is 0 Å². The van der Waals surface area contributed by atoms with Crippen molar-refractivity contribution in [2.75, 3.05) is 12.4 Å². The summed E-state index contributed by atoms with van der Waals surface area (Å²) < 4.78 is 5.03. The number of hydrogen-bond donors (Lipinski definition) is 2. The molecule has 0 unspecified atom stereocenters. The van der Waals surface area contributed by atoms with Crippen LogP contribution < -0.4 is 10.6 Å². The summed E-state index contributed by atoms with van der Waals surface area (Å²) in [6.07, 6.45) is -0.628. The van der Waals surface area contributed by atoms with E-state index in [4.69, 9.17) is 4.74 Å². The Morgan fingerprint density at radius 1 is 1.29 bits per heavy atom. The number of carbonyl (C=O) groups excluding carboxylic acids is 2. The standard InChI is InChI=1S/C9H14N4O3S/c1-9(2,3)16-8(15)11-7-13-12-6(17-7)5(14)10-4/h1-4H3,(H,10,14)(H,11,13,15). The molecule has 1 heterocycles. The van der Waals surface area contributed by atoms with Crippen LogP contribution in [-0.2, 0) is 4.74 Å². The monoisotopic (exact) mass is 258 g/mol. The van der Waals surface area contributed by atoms with Crippen LogP contribution >= 0.6 is 11.3 Å². The van der Waals surface area contributed by atoms with E-state index < -0.39 is 11.7 Å². The smallest absolute Gasteiger partial charge is 0.414 e. The third-order valence-electron chi connectivity index (χ3n) is 1.45. The second-order valence-corrected chi connectivity index (χ2v) is 5.10. The van der Waals surface area contributed by atoms with Crippen molar-refractivity contribution in [1.82, 2.24) is 15.5 Å². The number of amides is 2. The fraction of sp³-hybridized carbons (Fsp3) is 0.556. The number of aromatic nitrogens is 2. The summed E-state index contributed by atoms with van der Waals surface area (Å²) in [6.45, 7) is 5.26. The van der Waals surface area contributed by atoms with Gasteiger partial charge in [0.1, 0.15) is 5.60 Å². The van der Waals surface area contributed by atoms with Gasteiger partial charge in [-0.05, 0) is 20.8 Å². The zero-order valence-electron chi connectivity index (χ0n) is 10.0. The van der Waals surface area contributed by atoms with Crippen LogP contribution in [0.15, 0.2) is 0 Å². The Morgan fingerprint density at radius 2 is 1.94 bits per heavy atom. The van der Waals surface area contributed by atoms with Gasteiger partial charge < -0.3 is 10.1 Å². The molecule has 0 aromatic carbocycles. The van der Waals surface area contributed by atoms with E-state index in [0.29, 0.717) is 0 Å². The molecule has 17 heavy (non-hydrogen) atoms. The first-order chi connectivity index (χ1) is 7.81. The Morgan fingerprint density at radius 3 is 2.47 bits per heavy atom. The van der Waals surface area contributed by atoms with Gasteiger partial charge in [-0.25, -0.2) is 4.79 Å². The van der Waals surface area contributed by atoms with Crippen molar-refractivity contribution in [3.8, 4) is 0 Å². The van der Waals surface area contributed by atoms with Gasteiger partial charge >= 0.3 is 6.09 Å². The number of hydrogen-bond acceptors (Lipinski definition) is 6. The van der Waals surface area contributed by atoms with E-state index in [2.05, 4.69) is 20.8 Å². The highest BCUT2D eigenvalue weighted by Crippen LogP contribution is 2.16. The minimum absolute atomic E-state index is 0.179. The Balaban J connectivity index is 2.61. The molecule has 0 aliphatic carbocycles. The fourth-order valence-corrected chi connectivity index (χ4v) is 1.54. The third kappa shape index (κ3) is 4.35. The molecule has 1 rings (SSSR count). The largest absolute Gasteiger partial charge is 0.444 e. The average Bonchev–Trinajstić information content (AvgIpc) is 2.62. The van der Waals surface area contributed by atoms with Crippen molar-refractivity contribution in [2.45, 2.75) is 26.4 Å². The van der Waals surface area contributed by atoms with E-state index in [0.717, 1.165) is 11.3 Å². The van der Waals surface area contributed by atoms with Crippen molar-refractivity contribution in [3.05, 3.63) is 5.01 Å². The average molecular weight is 258 g/mol. The van der Waals surface area contributed by atoms with Crippen molar-refractivity contribution in [1.29, 1.82) is 0 Å². The summed E-state index contributed by atoms with van der Waals surface area (Å²) in [5.74, 6) is -0.347. The summed E-state index contributed by atoms with van der Waals surface area (Å²) in [7, 11) is 1.49. The van der Waals surface area contributed by atoms with E-state index in [1.807, 2.05) is 0 Å². The molecule has 7 nitrogen and oxygen atoms in total. The van der Waals surface area contributed by atoms with E-state index in [-0.39, 0.29) is 16.0 Å². The van der Waals surface area contributed by atoms with Gasteiger partial charge in [0.2, 0.25) is 10.1 Å². The van der Waals surface area contributed by atoms with Gasteiger partial charge in [-0.2, -0.15) is 0 Å². The topological polar surface area (TPSA) is 93.2 Å². The van der Waals surface area contributed by atoms with Crippen LogP contribution in [0.4, 0.5) is 9.93 Å². The molecule has 0 saturated heterocycles. The summed E-state index contributed by atoms with van der Waals surface area (Å²) in [5, 5.41) is 12.5. The lowest BCUT2D eigenvalue weighted by molar-refractivity contribution is 0.0635. The molecule has 0 bridgehead atoms. The molecule has 0 aliphatic rings. The van der Waals surface area contributed by atoms with Gasteiger partial charge in [0.05, 0.1) is 0 Å². The van der Waals surface area contributed by atoms with Crippen LogP contribution in [-0.4, -0.2) is 34.8 Å². The minimum atomic E-state index is -0.628. The molecule has 1 aromatic rings. The van der Waals surface area contributed by atoms with Crippen LogP contribution in [0, 0.1) is 0 Å². The molecule has 0 aliphatic heterocycles. The first kappa shape index (κ1) is 13.4. The molecule has 0 radical (unpaired) electrons. The van der Waals surface area contributed by atoms with Crippen LogP contribution in [0.2, 0.25) is 0 Å². The summed E-state index contributed by atoms with van der Waals surface area (Å²) in [6, 6.07) is 0. The van der Waals surface area contributed by atoms with E-state index in [1.54, 1.807) is 20.8 Å². The van der Waals surface area contributed by atoms with Crippen molar-refractivity contribution >= 4 is 28.5 Å². The molecular formula is C9H14N4O3S. The van der Waals surface area contributed by atoms with Gasteiger partial charge in [0, 0.05) is 7.05 Å². The molecule has 0 atom stereocenters. The zero-order valence-corrected chi connectivity index (χ0v) is 10.8. The first-order valence-corrected chi connectivity index (χ1v) is 5.69. The maximum absolute atomic E-state index is 11.4. The fourth-order valence-electron chi connectivity index (χ4n) is 0.863. The van der Waals surface area contributed by atoms with Crippen molar-refractivity contribution in [2.24, 2.45) is 0 Å². The zero-order chi connectivity index (χ0) is 13.1. The van der Waals surface area contributed by atoms with Crippen molar-refractivity contribution in [3.63, 3.8) is 0 Å². The van der Waals surface area contributed by atoms with Gasteiger partial charge in [-0.3, -0.25) is 10.1 Å². The summed E-state index contributed by atoms with van der Waals surface area (Å²) in [4.78, 5) is 22.6. The Hall–Kier alpha value is -1.70. The maximum atomic E-state index is 11.4. The molecule has 2 amide bonds. The van der Waals surface area contributed by atoms with Crippen LogP contribution in [0.3, 0.4) is 0 Å². The van der Waals surface area contributed by atoms with Crippen LogP contribution in [0.25, 0.3) is 0 Å². The molecule has 1 aromatic heterocycles. The highest BCUT2D eigenvalue weighted by molar-refractivity contribution is 7.17. The number of nitrogens with zero attached hydrogens (tertiary/aromatic N) is 2. The quantitative estimate of drug-likeness (QED) is 0.832. The van der Waals surface area contributed by atoms with Gasteiger partial charge in [0.25, 0.3) is 5.91 Å². The molecule has 0 saturated carbocycles. The normalized spacial score (nSPS) is 10.8. The third-order valence-corrected chi connectivity index (χ3v) is 2.29. The molecule has 8 heteroatoms. The Kier molecular flexibility index (Phi) is 4.00. The first-order valence-electron chi connectivity index (χ1n) is 4.87. The van der Waals surface area contributed by atoms with E-state index in [9.17, 15) is 9.59 Å². The number of carbonyl (C=O) groups is 2. The Bertz CT molecular complexity index is 424. The second-order valence-electron chi connectivity index (χ2n) is 4.12.